The van der Waals surface area contributed by atoms with E-state index in [1.165, 1.54) is 6.20 Å². The molecule has 0 unspecified atom stereocenters. The van der Waals surface area contributed by atoms with Crippen molar-refractivity contribution < 1.29 is 5.11 Å². The second-order valence-electron chi connectivity index (χ2n) is 4.17. The van der Waals surface area contributed by atoms with Gasteiger partial charge in [0.2, 0.25) is 0 Å². The van der Waals surface area contributed by atoms with Crippen molar-refractivity contribution in [3.05, 3.63) is 47.4 Å². The Morgan fingerprint density at radius 1 is 1.32 bits per heavy atom. The largest absolute Gasteiger partial charge is 0.480 e. The van der Waals surface area contributed by atoms with E-state index in [0.29, 0.717) is 17.2 Å². The molecule has 0 radical (unpaired) electrons. The van der Waals surface area contributed by atoms with E-state index in [9.17, 15) is 5.11 Å². The molecule has 0 amide bonds. The maximum atomic E-state index is 9.86. The molecule has 0 saturated heterocycles. The van der Waals surface area contributed by atoms with E-state index in [-0.39, 0.29) is 6.01 Å². The molecule has 0 fully saturated rings. The third kappa shape index (κ3) is 2.37. The third-order valence-corrected chi connectivity index (χ3v) is 3.11. The van der Waals surface area contributed by atoms with E-state index in [2.05, 4.69) is 15.0 Å². The van der Waals surface area contributed by atoms with Crippen molar-refractivity contribution in [3.8, 4) is 6.01 Å². The number of hydrogen-bond donors (Lipinski definition) is 1. The van der Waals surface area contributed by atoms with Crippen LogP contribution in [0.5, 0.6) is 6.01 Å². The minimum atomic E-state index is -0.0475. The van der Waals surface area contributed by atoms with Crippen LogP contribution in [0.25, 0.3) is 11.2 Å². The van der Waals surface area contributed by atoms with Crippen molar-refractivity contribution in [1.29, 1.82) is 0 Å². The molecule has 5 nitrogen and oxygen atoms in total. The van der Waals surface area contributed by atoms with Gasteiger partial charge in [-0.15, -0.1) is 0 Å². The number of fused-ring (bicyclic) bond motifs is 1. The first-order valence-electron chi connectivity index (χ1n) is 5.84. The van der Waals surface area contributed by atoms with Crippen molar-refractivity contribution in [3.63, 3.8) is 0 Å². The molecular formula is C13H11ClN4O. The van der Waals surface area contributed by atoms with Gasteiger partial charge in [0.15, 0.2) is 5.65 Å². The van der Waals surface area contributed by atoms with Crippen molar-refractivity contribution in [2.75, 3.05) is 0 Å². The van der Waals surface area contributed by atoms with Crippen molar-refractivity contribution in [1.82, 2.24) is 19.5 Å². The van der Waals surface area contributed by atoms with E-state index < -0.39 is 0 Å². The number of halogens is 1. The molecule has 3 heterocycles. The summed E-state index contributed by atoms with van der Waals surface area (Å²) in [5.41, 5.74) is 2.32. The maximum absolute atomic E-state index is 9.86. The Labute approximate surface area is 114 Å². The SMILES string of the molecule is Oc1nc2ncc(Cl)cc2n1CCc1cccnc1. The summed E-state index contributed by atoms with van der Waals surface area (Å²) < 4.78 is 1.70. The van der Waals surface area contributed by atoms with E-state index in [1.807, 2.05) is 12.1 Å². The predicted molar refractivity (Wildman–Crippen MR) is 72.1 cm³/mol. The van der Waals surface area contributed by atoms with Crippen LogP contribution in [0.1, 0.15) is 5.56 Å². The number of nitrogens with zero attached hydrogens (tertiary/aromatic N) is 4. The van der Waals surface area contributed by atoms with Crippen LogP contribution in [0.4, 0.5) is 0 Å². The van der Waals surface area contributed by atoms with Gasteiger partial charge in [0.05, 0.1) is 10.5 Å². The summed E-state index contributed by atoms with van der Waals surface area (Å²) >= 11 is 5.92. The van der Waals surface area contributed by atoms with Gasteiger partial charge >= 0.3 is 0 Å². The average molecular weight is 275 g/mol. The maximum Gasteiger partial charge on any atom is 0.296 e. The number of aromatic nitrogens is 4. The van der Waals surface area contributed by atoms with Crippen LogP contribution < -0.4 is 0 Å². The highest BCUT2D eigenvalue weighted by Gasteiger charge is 2.11. The van der Waals surface area contributed by atoms with Gasteiger partial charge in [-0.25, -0.2) is 4.98 Å². The zero-order valence-electron chi connectivity index (χ0n) is 9.99. The number of rotatable bonds is 3. The van der Waals surface area contributed by atoms with Crippen LogP contribution in [0.15, 0.2) is 36.8 Å². The van der Waals surface area contributed by atoms with Crippen molar-refractivity contribution in [2.45, 2.75) is 13.0 Å². The zero-order valence-corrected chi connectivity index (χ0v) is 10.7. The first-order chi connectivity index (χ1) is 9.24. The van der Waals surface area contributed by atoms with Crippen LogP contribution in [0, 0.1) is 0 Å². The standard InChI is InChI=1S/C13H11ClN4O/c14-10-6-11-12(16-8-10)17-13(19)18(11)5-3-9-2-1-4-15-7-9/h1-2,4,6-8H,3,5H2,(H,16,17,19). The minimum Gasteiger partial charge on any atom is -0.480 e. The highest BCUT2D eigenvalue weighted by molar-refractivity contribution is 6.31. The van der Waals surface area contributed by atoms with E-state index in [1.54, 1.807) is 23.0 Å². The molecule has 19 heavy (non-hydrogen) atoms. The molecule has 0 aromatic carbocycles. The Morgan fingerprint density at radius 2 is 2.21 bits per heavy atom. The molecule has 0 aliphatic carbocycles. The van der Waals surface area contributed by atoms with Gasteiger partial charge in [-0.1, -0.05) is 17.7 Å². The molecule has 3 aromatic rings. The molecule has 6 heteroatoms. The summed E-state index contributed by atoms with van der Waals surface area (Å²) in [4.78, 5) is 12.1. The Hall–Kier alpha value is -2.14. The number of aromatic hydroxyl groups is 1. The molecule has 0 aliphatic rings. The van der Waals surface area contributed by atoms with Gasteiger partial charge in [0, 0.05) is 25.1 Å². The minimum absolute atomic E-state index is 0.0475. The Bertz CT molecular complexity index is 711. The van der Waals surface area contributed by atoms with Crippen LogP contribution >= 0.6 is 11.6 Å². The number of aryl methyl sites for hydroxylation is 2. The summed E-state index contributed by atoms with van der Waals surface area (Å²) in [7, 11) is 0. The molecule has 0 saturated carbocycles. The second kappa shape index (κ2) is 4.85. The lowest BCUT2D eigenvalue weighted by Crippen LogP contribution is -2.01. The van der Waals surface area contributed by atoms with Gasteiger partial charge in [0.25, 0.3) is 6.01 Å². The van der Waals surface area contributed by atoms with E-state index >= 15 is 0 Å². The molecule has 0 spiro atoms. The third-order valence-electron chi connectivity index (χ3n) is 2.90. The lowest BCUT2D eigenvalue weighted by atomic mass is 10.2. The summed E-state index contributed by atoms with van der Waals surface area (Å²) in [6, 6.07) is 5.59. The summed E-state index contributed by atoms with van der Waals surface area (Å²) in [6.07, 6.45) is 5.81. The number of hydrogen-bond acceptors (Lipinski definition) is 4. The van der Waals surface area contributed by atoms with Gasteiger partial charge in [-0.05, 0) is 24.1 Å². The average Bonchev–Trinajstić information content (AvgIpc) is 2.73. The first kappa shape index (κ1) is 11.9. The van der Waals surface area contributed by atoms with Crippen molar-refractivity contribution in [2.24, 2.45) is 0 Å². The molecule has 0 bridgehead atoms. The number of pyridine rings is 2. The summed E-state index contributed by atoms with van der Waals surface area (Å²) in [5, 5.41) is 10.4. The zero-order chi connectivity index (χ0) is 13.2. The van der Waals surface area contributed by atoms with Crippen LogP contribution in [-0.4, -0.2) is 24.6 Å². The fraction of sp³-hybridized carbons (Fsp3) is 0.154. The van der Waals surface area contributed by atoms with Gasteiger partial charge in [-0.3, -0.25) is 9.55 Å². The Balaban J connectivity index is 1.92. The lowest BCUT2D eigenvalue weighted by Gasteiger charge is -2.05. The lowest BCUT2D eigenvalue weighted by molar-refractivity contribution is 0.402. The van der Waals surface area contributed by atoms with Gasteiger partial charge in [0.1, 0.15) is 0 Å². The van der Waals surface area contributed by atoms with Crippen LogP contribution in [-0.2, 0) is 13.0 Å². The van der Waals surface area contributed by atoms with Gasteiger partial charge < -0.3 is 5.11 Å². The highest BCUT2D eigenvalue weighted by Crippen LogP contribution is 2.22. The van der Waals surface area contributed by atoms with Crippen LogP contribution in [0.2, 0.25) is 5.02 Å². The topological polar surface area (TPSA) is 63.8 Å². The molecule has 0 atom stereocenters. The Kier molecular flexibility index (Phi) is 3.05. The quantitative estimate of drug-likeness (QED) is 0.797. The van der Waals surface area contributed by atoms with Crippen LogP contribution in [0.3, 0.4) is 0 Å². The monoisotopic (exact) mass is 274 g/mol. The number of imidazole rings is 1. The van der Waals surface area contributed by atoms with Gasteiger partial charge in [-0.2, -0.15) is 4.98 Å². The Morgan fingerprint density at radius 3 is 3.00 bits per heavy atom. The molecule has 96 valence electrons. The van der Waals surface area contributed by atoms with E-state index in [0.717, 1.165) is 17.5 Å². The normalized spacial score (nSPS) is 11.0. The summed E-state index contributed by atoms with van der Waals surface area (Å²) in [6.45, 7) is 0.593. The molecule has 3 aromatic heterocycles. The fourth-order valence-electron chi connectivity index (χ4n) is 1.98. The molecular weight excluding hydrogens is 264 g/mol. The second-order valence-corrected chi connectivity index (χ2v) is 4.61. The first-order valence-corrected chi connectivity index (χ1v) is 6.21. The van der Waals surface area contributed by atoms with Crippen molar-refractivity contribution >= 4 is 22.8 Å². The fourth-order valence-corrected chi connectivity index (χ4v) is 2.13. The molecule has 0 aliphatic heterocycles. The predicted octanol–water partition coefficient (Wildman–Crippen LogP) is 2.43. The smallest absolute Gasteiger partial charge is 0.296 e. The summed E-state index contributed by atoms with van der Waals surface area (Å²) in [5.74, 6) is 0. The van der Waals surface area contributed by atoms with E-state index in [4.69, 9.17) is 11.6 Å². The molecule has 1 N–H and O–H groups in total. The highest BCUT2D eigenvalue weighted by atomic mass is 35.5. The molecule has 3 rings (SSSR count).